The Labute approximate surface area is 429 Å². The van der Waals surface area contributed by atoms with Crippen molar-refractivity contribution in [3.63, 3.8) is 0 Å². The number of hydrogen-bond acceptors (Lipinski definition) is 8. The van der Waals surface area contributed by atoms with E-state index in [1.54, 1.807) is 0 Å². The highest BCUT2D eigenvalue weighted by Gasteiger charge is 2.49. The van der Waals surface area contributed by atoms with Gasteiger partial charge < -0.3 is 24.2 Å². The van der Waals surface area contributed by atoms with Gasteiger partial charge in [-0.25, -0.2) is 0 Å². The fraction of sp³-hybridized carbons (Fsp3) is 0. The van der Waals surface area contributed by atoms with Crippen molar-refractivity contribution >= 4 is 115 Å². The Kier molecular flexibility index (Phi) is 9.59. The standard InChI is InChI=1S/C64H42B2N6O2/c1-7-23-43(24-8-1)69(44-25-9-2-10-26-44)49-39-54-59-55(40-49)72(48-33-17-6-18-34-48)63-61(65(59)51-35-19-21-37-53(51)71(54)47-31-15-5-16-32-47)67-62-64(68-63)74-58-42-50(41-57-60(58)66(62)52-36-20-22-38-56(52)73-57)70(45-27-11-3-12-28-45)46-29-13-4-14-30-46/h1-42H. The van der Waals surface area contributed by atoms with Crippen molar-refractivity contribution in [2.45, 2.75) is 0 Å². The molecule has 0 amide bonds. The molecule has 0 saturated heterocycles. The van der Waals surface area contributed by atoms with E-state index in [0.29, 0.717) is 17.4 Å². The molecule has 5 heterocycles. The highest BCUT2D eigenvalue weighted by Crippen LogP contribution is 2.49. The minimum Gasteiger partial charge on any atom is -0.458 e. The average molecular weight is 949 g/mol. The number of rotatable bonds is 8. The molecule has 8 nitrogen and oxygen atoms in total. The smallest absolute Gasteiger partial charge is 0.286 e. The average Bonchev–Trinajstić information content (AvgIpc) is 3.47. The summed E-state index contributed by atoms with van der Waals surface area (Å²) in [5.41, 5.74) is 17.0. The summed E-state index contributed by atoms with van der Waals surface area (Å²) in [5, 5.41) is 0. The van der Waals surface area contributed by atoms with Crippen LogP contribution in [0.25, 0.3) is 0 Å². The van der Waals surface area contributed by atoms with Gasteiger partial charge in [0.25, 0.3) is 13.4 Å². The third-order valence-electron chi connectivity index (χ3n) is 14.7. The Morgan fingerprint density at radius 1 is 0.324 bits per heavy atom. The van der Waals surface area contributed by atoms with Gasteiger partial charge in [-0.3, -0.25) is 9.88 Å². The van der Waals surface area contributed by atoms with Gasteiger partial charge in [-0.05, 0) is 113 Å². The van der Waals surface area contributed by atoms with Crippen molar-refractivity contribution < 1.29 is 9.47 Å². The third-order valence-corrected chi connectivity index (χ3v) is 14.7. The van der Waals surface area contributed by atoms with Crippen molar-refractivity contribution in [3.05, 3.63) is 255 Å². The Morgan fingerprint density at radius 2 is 0.757 bits per heavy atom. The topological polar surface area (TPSA) is 57.2 Å². The molecule has 4 aliphatic rings. The molecule has 0 fully saturated rings. The maximum absolute atomic E-state index is 7.25. The molecule has 0 atom stereocenters. The van der Waals surface area contributed by atoms with Crippen LogP contribution in [0, 0.1) is 0 Å². The molecule has 0 aliphatic carbocycles. The lowest BCUT2D eigenvalue weighted by Gasteiger charge is -2.44. The second-order valence-electron chi connectivity index (χ2n) is 18.9. The third kappa shape index (κ3) is 6.58. The molecule has 346 valence electrons. The lowest BCUT2D eigenvalue weighted by molar-refractivity contribution is 0.452. The Morgan fingerprint density at radius 3 is 1.32 bits per heavy atom. The molecule has 0 N–H and O–H groups in total. The van der Waals surface area contributed by atoms with E-state index in [0.717, 1.165) is 107 Å². The molecule has 74 heavy (non-hydrogen) atoms. The fourth-order valence-electron chi connectivity index (χ4n) is 11.6. The molecule has 10 aromatic carbocycles. The van der Waals surface area contributed by atoms with Gasteiger partial charge >= 0.3 is 0 Å². The molecule has 0 saturated carbocycles. The summed E-state index contributed by atoms with van der Waals surface area (Å²) in [5.74, 6) is 3.33. The van der Waals surface area contributed by atoms with Crippen molar-refractivity contribution in [1.82, 2.24) is 9.97 Å². The second kappa shape index (κ2) is 16.9. The predicted molar refractivity (Wildman–Crippen MR) is 303 cm³/mol. The minimum atomic E-state index is -0.333. The van der Waals surface area contributed by atoms with Gasteiger partial charge in [-0.15, -0.1) is 0 Å². The number of nitrogens with zero attached hydrogens (tertiary/aromatic N) is 6. The second-order valence-corrected chi connectivity index (χ2v) is 18.9. The maximum atomic E-state index is 7.25. The summed E-state index contributed by atoms with van der Waals surface area (Å²) in [6, 6.07) is 89.4. The van der Waals surface area contributed by atoms with Crippen LogP contribution in [0.15, 0.2) is 255 Å². The van der Waals surface area contributed by atoms with Gasteiger partial charge in [-0.2, -0.15) is 4.98 Å². The number of ether oxygens (including phenoxy) is 2. The minimum absolute atomic E-state index is 0.302. The summed E-state index contributed by atoms with van der Waals surface area (Å²) >= 11 is 0. The highest BCUT2D eigenvalue weighted by molar-refractivity contribution is 7.01. The van der Waals surface area contributed by atoms with Crippen LogP contribution in [0.5, 0.6) is 23.1 Å². The number of fused-ring (bicyclic) bond motifs is 8. The Hall–Kier alpha value is -9.79. The van der Waals surface area contributed by atoms with Crippen molar-refractivity contribution in [2.24, 2.45) is 0 Å². The van der Waals surface area contributed by atoms with Gasteiger partial charge in [0.15, 0.2) is 5.82 Å². The van der Waals surface area contributed by atoms with E-state index in [1.807, 2.05) is 18.2 Å². The van der Waals surface area contributed by atoms with E-state index in [2.05, 4.69) is 256 Å². The van der Waals surface area contributed by atoms with Gasteiger partial charge in [0.05, 0.1) is 22.6 Å². The normalized spacial score (nSPS) is 13.0. The van der Waals surface area contributed by atoms with Crippen LogP contribution in [-0.4, -0.2) is 23.4 Å². The van der Waals surface area contributed by atoms with Crippen LogP contribution in [0.3, 0.4) is 0 Å². The molecule has 4 aliphatic heterocycles. The number of benzene rings is 10. The molecular formula is C64H42B2N6O2. The summed E-state index contributed by atoms with van der Waals surface area (Å²) in [6.07, 6.45) is 0. The van der Waals surface area contributed by atoms with Crippen LogP contribution in [0.2, 0.25) is 0 Å². The lowest BCUT2D eigenvalue weighted by Crippen LogP contribution is -2.66. The van der Waals surface area contributed by atoms with E-state index >= 15 is 0 Å². The SMILES string of the molecule is c1ccc(N(c2ccccc2)c2cc3c4c(c2)Oc2nc5c(nc2B4c2ccccc2O3)B2c3ccccc3N(c3ccccc3)c3cc(N(c4ccccc4)c4ccccc4)cc(c32)N5c2ccccc2)cc1. The van der Waals surface area contributed by atoms with E-state index in [4.69, 9.17) is 19.4 Å². The quantitative estimate of drug-likeness (QED) is 0.140. The number of aromatic nitrogens is 2. The summed E-state index contributed by atoms with van der Waals surface area (Å²) in [4.78, 5) is 21.1. The molecule has 11 aromatic rings. The summed E-state index contributed by atoms with van der Waals surface area (Å²) < 4.78 is 14.2. The van der Waals surface area contributed by atoms with E-state index in [-0.39, 0.29) is 13.4 Å². The Bertz CT molecular complexity index is 3870. The zero-order valence-electron chi connectivity index (χ0n) is 39.9. The zero-order chi connectivity index (χ0) is 48.7. The first-order valence-corrected chi connectivity index (χ1v) is 25.1. The van der Waals surface area contributed by atoms with E-state index < -0.39 is 0 Å². The number of hydrogen-bond donors (Lipinski definition) is 0. The molecule has 0 bridgehead atoms. The molecular weight excluding hydrogens is 906 g/mol. The molecule has 0 spiro atoms. The van der Waals surface area contributed by atoms with Crippen LogP contribution in [-0.2, 0) is 0 Å². The first kappa shape index (κ1) is 41.9. The first-order chi connectivity index (χ1) is 36.7. The summed E-state index contributed by atoms with van der Waals surface area (Å²) in [6.45, 7) is -0.635. The fourth-order valence-corrected chi connectivity index (χ4v) is 11.6. The Balaban J connectivity index is 1.00. The first-order valence-electron chi connectivity index (χ1n) is 25.1. The number of anilines is 12. The van der Waals surface area contributed by atoms with Crippen LogP contribution >= 0.6 is 0 Å². The molecule has 10 heteroatoms. The molecule has 0 radical (unpaired) electrons. The van der Waals surface area contributed by atoms with Crippen molar-refractivity contribution in [1.29, 1.82) is 0 Å². The van der Waals surface area contributed by atoms with Crippen LogP contribution in [0.1, 0.15) is 0 Å². The predicted octanol–water partition coefficient (Wildman–Crippen LogP) is 12.2. The van der Waals surface area contributed by atoms with Crippen LogP contribution < -0.4 is 62.1 Å². The largest absolute Gasteiger partial charge is 0.458 e. The van der Waals surface area contributed by atoms with Gasteiger partial charge in [0.2, 0.25) is 5.88 Å². The van der Waals surface area contributed by atoms with Gasteiger partial charge in [-0.1, -0.05) is 146 Å². The van der Waals surface area contributed by atoms with Gasteiger partial charge in [0, 0.05) is 68.8 Å². The van der Waals surface area contributed by atoms with Crippen LogP contribution in [0.4, 0.5) is 68.4 Å². The van der Waals surface area contributed by atoms with E-state index in [1.165, 1.54) is 0 Å². The van der Waals surface area contributed by atoms with E-state index in [9.17, 15) is 0 Å². The number of para-hydroxylation sites is 8. The highest BCUT2D eigenvalue weighted by atomic mass is 16.5. The zero-order valence-corrected chi connectivity index (χ0v) is 39.9. The molecule has 15 rings (SSSR count). The van der Waals surface area contributed by atoms with Crippen molar-refractivity contribution in [3.8, 4) is 23.1 Å². The van der Waals surface area contributed by atoms with Crippen molar-refractivity contribution in [2.75, 3.05) is 19.6 Å². The molecule has 0 unspecified atom stereocenters. The lowest BCUT2D eigenvalue weighted by atomic mass is 9.34. The van der Waals surface area contributed by atoms with Gasteiger partial charge in [0.1, 0.15) is 17.2 Å². The monoisotopic (exact) mass is 948 g/mol. The maximum Gasteiger partial charge on any atom is 0.286 e. The molecule has 1 aromatic heterocycles. The summed E-state index contributed by atoms with van der Waals surface area (Å²) in [7, 11) is 0.